The maximum absolute atomic E-state index is 11.7. The largest absolute Gasteiger partial charge is 0.478 e. The van der Waals surface area contributed by atoms with Crippen LogP contribution in [-0.4, -0.2) is 22.2 Å². The summed E-state index contributed by atoms with van der Waals surface area (Å²) in [5.41, 5.74) is 9.61. The summed E-state index contributed by atoms with van der Waals surface area (Å²) in [6.45, 7) is 2.15. The van der Waals surface area contributed by atoms with Gasteiger partial charge >= 0.3 is 11.9 Å². The monoisotopic (exact) mass is 391 g/mol. The molecule has 3 rings (SSSR count). The molecule has 0 atom stereocenters. The molecule has 0 aromatic heterocycles. The standard InChI is InChI=1S/C22H21N3O4/c1-13-6-8-19(24-17-5-3-2-4-15(17)21(26)27)20(10-13)25-18-9-7-14(12-23)11-16(18)22(28)29/h2-11,24-25H,12,23H2,1H3,(H,26,27)(H,28,29). The van der Waals surface area contributed by atoms with Crippen molar-refractivity contribution in [2.24, 2.45) is 5.73 Å². The molecule has 0 unspecified atom stereocenters. The fraction of sp³-hybridized carbons (Fsp3) is 0.0909. The molecule has 6 N–H and O–H groups in total. The predicted octanol–water partition coefficient (Wildman–Crippen LogP) is 4.34. The van der Waals surface area contributed by atoms with Gasteiger partial charge in [-0.05, 0) is 54.4 Å². The zero-order valence-electron chi connectivity index (χ0n) is 15.8. The molecule has 3 aromatic carbocycles. The van der Waals surface area contributed by atoms with Crippen molar-refractivity contribution in [1.29, 1.82) is 0 Å². The first kappa shape index (κ1) is 19.9. The topological polar surface area (TPSA) is 125 Å². The van der Waals surface area contributed by atoms with Crippen molar-refractivity contribution >= 4 is 34.7 Å². The third kappa shape index (κ3) is 4.53. The number of para-hydroxylation sites is 1. The van der Waals surface area contributed by atoms with Crippen molar-refractivity contribution < 1.29 is 19.8 Å². The van der Waals surface area contributed by atoms with Gasteiger partial charge in [-0.3, -0.25) is 0 Å². The fourth-order valence-corrected chi connectivity index (χ4v) is 2.94. The highest BCUT2D eigenvalue weighted by Crippen LogP contribution is 2.32. The Kier molecular flexibility index (Phi) is 5.80. The van der Waals surface area contributed by atoms with Crippen molar-refractivity contribution in [3.63, 3.8) is 0 Å². The zero-order valence-corrected chi connectivity index (χ0v) is 15.8. The summed E-state index contributed by atoms with van der Waals surface area (Å²) in [7, 11) is 0. The molecule has 0 amide bonds. The molecule has 0 heterocycles. The molecule has 29 heavy (non-hydrogen) atoms. The lowest BCUT2D eigenvalue weighted by atomic mass is 10.1. The van der Waals surface area contributed by atoms with Crippen LogP contribution in [0.2, 0.25) is 0 Å². The number of carbonyl (C=O) groups is 2. The van der Waals surface area contributed by atoms with Gasteiger partial charge in [0.25, 0.3) is 0 Å². The van der Waals surface area contributed by atoms with Gasteiger partial charge in [0.1, 0.15) is 0 Å². The van der Waals surface area contributed by atoms with E-state index in [1.54, 1.807) is 30.3 Å². The first-order valence-electron chi connectivity index (χ1n) is 8.92. The summed E-state index contributed by atoms with van der Waals surface area (Å²) in [5, 5.41) is 25.2. The lowest BCUT2D eigenvalue weighted by molar-refractivity contribution is 0.0687. The molecule has 0 saturated heterocycles. The van der Waals surface area contributed by atoms with E-state index in [0.29, 0.717) is 28.3 Å². The normalized spacial score (nSPS) is 10.4. The van der Waals surface area contributed by atoms with E-state index in [9.17, 15) is 19.8 Å². The van der Waals surface area contributed by atoms with Gasteiger partial charge in [-0.2, -0.15) is 0 Å². The average Bonchev–Trinajstić information content (AvgIpc) is 2.70. The predicted molar refractivity (Wildman–Crippen MR) is 112 cm³/mol. The van der Waals surface area contributed by atoms with E-state index in [0.717, 1.165) is 5.56 Å². The van der Waals surface area contributed by atoms with Crippen LogP contribution in [-0.2, 0) is 6.54 Å². The summed E-state index contributed by atoms with van der Waals surface area (Å²) in [6.07, 6.45) is 0. The van der Waals surface area contributed by atoms with Gasteiger partial charge in [-0.25, -0.2) is 9.59 Å². The van der Waals surface area contributed by atoms with Crippen LogP contribution < -0.4 is 16.4 Å². The average molecular weight is 391 g/mol. The van der Waals surface area contributed by atoms with Gasteiger partial charge in [0.15, 0.2) is 0 Å². The highest BCUT2D eigenvalue weighted by molar-refractivity contribution is 5.98. The highest BCUT2D eigenvalue weighted by atomic mass is 16.4. The number of benzene rings is 3. The highest BCUT2D eigenvalue weighted by Gasteiger charge is 2.15. The van der Waals surface area contributed by atoms with E-state index in [1.165, 1.54) is 12.1 Å². The number of hydrogen-bond acceptors (Lipinski definition) is 5. The Hall–Kier alpha value is -3.84. The maximum atomic E-state index is 11.7. The number of carboxylic acid groups (broad SMARTS) is 2. The molecule has 0 fully saturated rings. The number of hydrogen-bond donors (Lipinski definition) is 5. The van der Waals surface area contributed by atoms with Gasteiger partial charge < -0.3 is 26.6 Å². The third-order valence-corrected chi connectivity index (χ3v) is 4.42. The fourth-order valence-electron chi connectivity index (χ4n) is 2.94. The van der Waals surface area contributed by atoms with Crippen LogP contribution in [0.5, 0.6) is 0 Å². The number of nitrogens with one attached hydrogen (secondary N) is 2. The van der Waals surface area contributed by atoms with Crippen molar-refractivity contribution in [2.75, 3.05) is 10.6 Å². The molecule has 0 aliphatic carbocycles. The second kappa shape index (κ2) is 8.45. The summed E-state index contributed by atoms with van der Waals surface area (Å²) in [4.78, 5) is 23.2. The van der Waals surface area contributed by atoms with Crippen molar-refractivity contribution in [3.8, 4) is 0 Å². The second-order valence-electron chi connectivity index (χ2n) is 6.54. The first-order chi connectivity index (χ1) is 13.9. The third-order valence-electron chi connectivity index (χ3n) is 4.42. The van der Waals surface area contributed by atoms with E-state index >= 15 is 0 Å². The number of nitrogens with two attached hydrogens (primary N) is 1. The smallest absolute Gasteiger partial charge is 0.337 e. The van der Waals surface area contributed by atoms with Gasteiger partial charge in [0, 0.05) is 6.54 Å². The second-order valence-corrected chi connectivity index (χ2v) is 6.54. The lowest BCUT2D eigenvalue weighted by Gasteiger charge is -2.17. The number of rotatable bonds is 7. The molecule has 3 aromatic rings. The van der Waals surface area contributed by atoms with E-state index in [2.05, 4.69) is 10.6 Å². The van der Waals surface area contributed by atoms with Crippen LogP contribution in [0.25, 0.3) is 0 Å². The quantitative estimate of drug-likeness (QED) is 0.406. The van der Waals surface area contributed by atoms with Crippen molar-refractivity contribution in [1.82, 2.24) is 0 Å². The first-order valence-corrected chi connectivity index (χ1v) is 8.92. The number of aromatic carboxylic acids is 2. The zero-order chi connectivity index (χ0) is 21.0. The summed E-state index contributed by atoms with van der Waals surface area (Å²) < 4.78 is 0. The minimum Gasteiger partial charge on any atom is -0.478 e. The Morgan fingerprint density at radius 1 is 0.793 bits per heavy atom. The number of carboxylic acids is 2. The minimum atomic E-state index is -1.07. The van der Waals surface area contributed by atoms with Crippen LogP contribution >= 0.6 is 0 Å². The molecule has 0 saturated carbocycles. The number of anilines is 4. The van der Waals surface area contributed by atoms with Gasteiger partial charge in [0.05, 0.1) is 33.9 Å². The van der Waals surface area contributed by atoms with Gasteiger partial charge in [-0.1, -0.05) is 24.3 Å². The summed E-state index contributed by atoms with van der Waals surface area (Å²) >= 11 is 0. The molecule has 148 valence electrons. The summed E-state index contributed by atoms with van der Waals surface area (Å²) in [5.74, 6) is -2.11. The number of aryl methyl sites for hydroxylation is 1. The van der Waals surface area contributed by atoms with E-state index in [-0.39, 0.29) is 17.7 Å². The van der Waals surface area contributed by atoms with Gasteiger partial charge in [0.2, 0.25) is 0 Å². The van der Waals surface area contributed by atoms with Crippen LogP contribution in [0.15, 0.2) is 60.7 Å². The van der Waals surface area contributed by atoms with E-state index in [1.807, 2.05) is 25.1 Å². The Morgan fingerprint density at radius 2 is 1.41 bits per heavy atom. The molecule has 0 aliphatic heterocycles. The van der Waals surface area contributed by atoms with Crippen LogP contribution in [0.4, 0.5) is 22.7 Å². The molecule has 0 bridgehead atoms. The molecule has 0 aliphatic rings. The SMILES string of the molecule is Cc1ccc(Nc2ccccc2C(=O)O)c(Nc2ccc(CN)cc2C(=O)O)c1. The lowest BCUT2D eigenvalue weighted by Crippen LogP contribution is -2.07. The minimum absolute atomic E-state index is 0.103. The molecule has 0 spiro atoms. The molecule has 7 nitrogen and oxygen atoms in total. The van der Waals surface area contributed by atoms with Crippen molar-refractivity contribution in [3.05, 3.63) is 82.9 Å². The Morgan fingerprint density at radius 3 is 2.10 bits per heavy atom. The van der Waals surface area contributed by atoms with Crippen LogP contribution in [0, 0.1) is 6.92 Å². The molecular formula is C22H21N3O4. The summed E-state index contributed by atoms with van der Waals surface area (Å²) in [6, 6.07) is 17.1. The molecule has 0 radical (unpaired) electrons. The Bertz CT molecular complexity index is 1080. The Balaban J connectivity index is 2.01. The maximum Gasteiger partial charge on any atom is 0.337 e. The van der Waals surface area contributed by atoms with Crippen molar-refractivity contribution in [2.45, 2.75) is 13.5 Å². The van der Waals surface area contributed by atoms with E-state index in [4.69, 9.17) is 5.73 Å². The molecule has 7 heteroatoms. The Labute approximate surface area is 167 Å². The molecular weight excluding hydrogens is 370 g/mol. The van der Waals surface area contributed by atoms with Crippen LogP contribution in [0.3, 0.4) is 0 Å². The van der Waals surface area contributed by atoms with Crippen LogP contribution in [0.1, 0.15) is 31.8 Å². The van der Waals surface area contributed by atoms with E-state index < -0.39 is 11.9 Å². The van der Waals surface area contributed by atoms with Gasteiger partial charge in [-0.15, -0.1) is 0 Å².